The van der Waals surface area contributed by atoms with E-state index in [0.717, 1.165) is 37.2 Å². The average Bonchev–Trinajstić information content (AvgIpc) is 3.04. The molecule has 2 amide bonds. The van der Waals surface area contributed by atoms with E-state index >= 15 is 0 Å². The highest BCUT2D eigenvalue weighted by Gasteiger charge is 2.36. The Morgan fingerprint density at radius 3 is 2.41 bits per heavy atom. The third kappa shape index (κ3) is 4.59. The van der Waals surface area contributed by atoms with Gasteiger partial charge in [0.2, 0.25) is 0 Å². The van der Waals surface area contributed by atoms with Gasteiger partial charge in [-0.3, -0.25) is 9.59 Å². The quantitative estimate of drug-likeness (QED) is 0.594. The number of rotatable bonds is 8. The standard InChI is InChI=1S/C23H27N3O3/c1-3-5-15-26(4-2)18-13-11-17(12-14-18)24-22(28)19-21(27)20(25-23(19)29)16-9-7-6-8-10-16/h6-14,20,27H,3-5,15H2,1-2H3,(H,24,28)(H,25,29). The maximum atomic E-state index is 12.6. The third-order valence-corrected chi connectivity index (χ3v) is 5.05. The first-order valence-electron chi connectivity index (χ1n) is 10.0. The van der Waals surface area contributed by atoms with Crippen molar-refractivity contribution in [3.8, 4) is 0 Å². The molecule has 0 spiro atoms. The lowest BCUT2D eigenvalue weighted by atomic mass is 10.1. The lowest BCUT2D eigenvalue weighted by molar-refractivity contribution is -0.120. The first-order valence-corrected chi connectivity index (χ1v) is 10.0. The second-order valence-electron chi connectivity index (χ2n) is 7.01. The second-order valence-corrected chi connectivity index (χ2v) is 7.01. The molecule has 0 bridgehead atoms. The molecule has 2 aromatic rings. The van der Waals surface area contributed by atoms with Gasteiger partial charge in [-0.1, -0.05) is 43.7 Å². The maximum Gasteiger partial charge on any atom is 0.264 e. The number of aliphatic hydroxyl groups is 1. The van der Waals surface area contributed by atoms with Crippen molar-refractivity contribution in [2.45, 2.75) is 32.7 Å². The molecule has 0 radical (unpaired) electrons. The van der Waals surface area contributed by atoms with Crippen LogP contribution in [0.5, 0.6) is 0 Å². The molecule has 1 aliphatic rings. The van der Waals surface area contributed by atoms with Crippen LogP contribution in [-0.4, -0.2) is 30.0 Å². The van der Waals surface area contributed by atoms with Crippen molar-refractivity contribution in [2.75, 3.05) is 23.3 Å². The number of nitrogens with zero attached hydrogens (tertiary/aromatic N) is 1. The van der Waals surface area contributed by atoms with Crippen LogP contribution in [0, 0.1) is 0 Å². The van der Waals surface area contributed by atoms with Crippen molar-refractivity contribution in [1.82, 2.24) is 5.32 Å². The average molecular weight is 393 g/mol. The fourth-order valence-electron chi connectivity index (χ4n) is 3.41. The fraction of sp³-hybridized carbons (Fsp3) is 0.304. The normalized spacial score (nSPS) is 15.9. The molecular formula is C23H27N3O3. The Morgan fingerprint density at radius 2 is 1.79 bits per heavy atom. The number of amides is 2. The Balaban J connectivity index is 1.72. The van der Waals surface area contributed by atoms with Crippen LogP contribution in [0.25, 0.3) is 0 Å². The summed E-state index contributed by atoms with van der Waals surface area (Å²) in [5.74, 6) is -1.46. The fourth-order valence-corrected chi connectivity index (χ4v) is 3.41. The predicted molar refractivity (Wildman–Crippen MR) is 115 cm³/mol. The number of unbranched alkanes of at least 4 members (excludes halogenated alkanes) is 1. The van der Waals surface area contributed by atoms with Gasteiger partial charge in [-0.05, 0) is 43.2 Å². The van der Waals surface area contributed by atoms with Gasteiger partial charge in [-0.2, -0.15) is 0 Å². The summed E-state index contributed by atoms with van der Waals surface area (Å²) in [7, 11) is 0. The molecule has 1 atom stereocenters. The van der Waals surface area contributed by atoms with Crippen molar-refractivity contribution < 1.29 is 14.7 Å². The van der Waals surface area contributed by atoms with Gasteiger partial charge in [-0.25, -0.2) is 0 Å². The van der Waals surface area contributed by atoms with E-state index in [1.54, 1.807) is 24.3 Å². The van der Waals surface area contributed by atoms with E-state index in [-0.39, 0.29) is 11.3 Å². The molecule has 0 fully saturated rings. The number of anilines is 2. The molecular weight excluding hydrogens is 366 g/mol. The van der Waals surface area contributed by atoms with Crippen molar-refractivity contribution >= 4 is 23.2 Å². The van der Waals surface area contributed by atoms with Gasteiger partial charge in [0, 0.05) is 24.5 Å². The molecule has 29 heavy (non-hydrogen) atoms. The van der Waals surface area contributed by atoms with E-state index in [4.69, 9.17) is 0 Å². The molecule has 0 saturated carbocycles. The number of aliphatic hydroxyl groups excluding tert-OH is 1. The van der Waals surface area contributed by atoms with Gasteiger partial charge in [0.05, 0.1) is 0 Å². The van der Waals surface area contributed by atoms with Crippen LogP contribution in [-0.2, 0) is 9.59 Å². The van der Waals surface area contributed by atoms with E-state index < -0.39 is 17.9 Å². The monoisotopic (exact) mass is 393 g/mol. The van der Waals surface area contributed by atoms with Gasteiger partial charge < -0.3 is 20.6 Å². The largest absolute Gasteiger partial charge is 0.509 e. The first kappa shape index (κ1) is 20.5. The summed E-state index contributed by atoms with van der Waals surface area (Å²) in [5, 5.41) is 15.8. The molecule has 1 aliphatic heterocycles. The van der Waals surface area contributed by atoms with Crippen molar-refractivity contribution in [1.29, 1.82) is 0 Å². The molecule has 3 rings (SSSR count). The van der Waals surface area contributed by atoms with Gasteiger partial charge >= 0.3 is 0 Å². The Labute approximate surface area is 171 Å². The Morgan fingerprint density at radius 1 is 1.10 bits per heavy atom. The van der Waals surface area contributed by atoms with Crippen LogP contribution in [0.4, 0.5) is 11.4 Å². The predicted octanol–water partition coefficient (Wildman–Crippen LogP) is 3.93. The van der Waals surface area contributed by atoms with E-state index in [9.17, 15) is 14.7 Å². The highest BCUT2D eigenvalue weighted by atomic mass is 16.3. The van der Waals surface area contributed by atoms with Crippen molar-refractivity contribution in [3.05, 3.63) is 71.5 Å². The Hall–Kier alpha value is -3.28. The number of nitrogens with one attached hydrogen (secondary N) is 2. The van der Waals surface area contributed by atoms with Gasteiger partial charge in [0.25, 0.3) is 11.8 Å². The summed E-state index contributed by atoms with van der Waals surface area (Å²) in [5.41, 5.74) is 2.13. The van der Waals surface area contributed by atoms with Gasteiger partial charge in [0.1, 0.15) is 17.4 Å². The number of benzene rings is 2. The van der Waals surface area contributed by atoms with Crippen LogP contribution in [0.3, 0.4) is 0 Å². The summed E-state index contributed by atoms with van der Waals surface area (Å²) in [4.78, 5) is 27.2. The molecule has 0 aliphatic carbocycles. The zero-order valence-electron chi connectivity index (χ0n) is 16.8. The zero-order valence-corrected chi connectivity index (χ0v) is 16.8. The molecule has 0 saturated heterocycles. The third-order valence-electron chi connectivity index (χ3n) is 5.05. The Kier molecular flexibility index (Phi) is 6.54. The summed E-state index contributed by atoms with van der Waals surface area (Å²) < 4.78 is 0. The SMILES string of the molecule is CCCCN(CC)c1ccc(NC(=O)C2=C(O)C(c3ccccc3)NC2=O)cc1. The molecule has 0 aromatic heterocycles. The van der Waals surface area contributed by atoms with Crippen LogP contribution < -0.4 is 15.5 Å². The van der Waals surface area contributed by atoms with E-state index in [1.165, 1.54) is 0 Å². The summed E-state index contributed by atoms with van der Waals surface area (Å²) >= 11 is 0. The van der Waals surface area contributed by atoms with Crippen LogP contribution in [0.2, 0.25) is 0 Å². The summed E-state index contributed by atoms with van der Waals surface area (Å²) in [6, 6.07) is 15.9. The van der Waals surface area contributed by atoms with Crippen molar-refractivity contribution in [2.24, 2.45) is 0 Å². The first-order chi connectivity index (χ1) is 14.0. The maximum absolute atomic E-state index is 12.6. The van der Waals surface area contributed by atoms with Crippen LogP contribution >= 0.6 is 0 Å². The lowest BCUT2D eigenvalue weighted by Gasteiger charge is -2.23. The molecule has 6 nitrogen and oxygen atoms in total. The van der Waals surface area contributed by atoms with Gasteiger partial charge in [-0.15, -0.1) is 0 Å². The second kappa shape index (κ2) is 9.28. The minimum atomic E-state index is -0.705. The van der Waals surface area contributed by atoms with Crippen LogP contribution in [0.15, 0.2) is 65.9 Å². The molecule has 6 heteroatoms. The summed E-state index contributed by atoms with van der Waals surface area (Å²) in [6.07, 6.45) is 2.26. The molecule has 2 aromatic carbocycles. The van der Waals surface area contributed by atoms with Crippen molar-refractivity contribution in [3.63, 3.8) is 0 Å². The van der Waals surface area contributed by atoms with E-state index in [0.29, 0.717) is 5.69 Å². The number of hydrogen-bond donors (Lipinski definition) is 3. The highest BCUT2D eigenvalue weighted by molar-refractivity contribution is 6.24. The number of hydrogen-bond acceptors (Lipinski definition) is 4. The molecule has 152 valence electrons. The lowest BCUT2D eigenvalue weighted by Crippen LogP contribution is -2.26. The highest BCUT2D eigenvalue weighted by Crippen LogP contribution is 2.29. The summed E-state index contributed by atoms with van der Waals surface area (Å²) in [6.45, 7) is 6.18. The van der Waals surface area contributed by atoms with E-state index in [2.05, 4.69) is 29.4 Å². The van der Waals surface area contributed by atoms with Crippen LogP contribution in [0.1, 0.15) is 38.3 Å². The minimum Gasteiger partial charge on any atom is -0.509 e. The number of carbonyl (C=O) groups is 2. The number of carbonyl (C=O) groups excluding carboxylic acids is 2. The molecule has 1 heterocycles. The van der Waals surface area contributed by atoms with Gasteiger partial charge in [0.15, 0.2) is 0 Å². The topological polar surface area (TPSA) is 81.7 Å². The zero-order chi connectivity index (χ0) is 20.8. The van der Waals surface area contributed by atoms with E-state index in [1.807, 2.05) is 30.3 Å². The molecule has 3 N–H and O–H groups in total. The molecule has 1 unspecified atom stereocenters. The minimum absolute atomic E-state index is 0.249. The Bertz CT molecular complexity index is 891. The smallest absolute Gasteiger partial charge is 0.264 e.